The fraction of sp³-hybridized carbons (Fsp3) is 0.583. The lowest BCUT2D eigenvalue weighted by molar-refractivity contribution is 0.114. The maximum atomic E-state index is 5.50. The summed E-state index contributed by atoms with van der Waals surface area (Å²) >= 11 is 0. The van der Waals surface area contributed by atoms with E-state index in [-0.39, 0.29) is 0 Å². The number of hydrogen-bond acceptors (Lipinski definition) is 2. The van der Waals surface area contributed by atoms with Gasteiger partial charge >= 0.3 is 0 Å². The molecule has 0 atom stereocenters. The lowest BCUT2D eigenvalue weighted by atomic mass is 10.2. The van der Waals surface area contributed by atoms with Gasteiger partial charge in [0.25, 0.3) is 0 Å². The molecule has 1 heterocycles. The zero-order valence-electron chi connectivity index (χ0n) is 8.91. The Bertz CT molecular complexity index is 223. The van der Waals surface area contributed by atoms with E-state index in [4.69, 9.17) is 4.74 Å². The van der Waals surface area contributed by atoms with Gasteiger partial charge in [-0.05, 0) is 18.6 Å². The van der Waals surface area contributed by atoms with Crippen molar-refractivity contribution in [2.45, 2.75) is 39.2 Å². The average molecular weight is 193 g/mol. The molecule has 0 saturated heterocycles. The van der Waals surface area contributed by atoms with Crippen LogP contribution in [0.5, 0.6) is 0 Å². The topological polar surface area (TPSA) is 22.1 Å². The predicted molar refractivity (Wildman–Crippen MR) is 58.0 cm³/mol. The summed E-state index contributed by atoms with van der Waals surface area (Å²) in [4.78, 5) is 4.19. The molecule has 0 saturated carbocycles. The third kappa shape index (κ3) is 4.97. The Morgan fingerprint density at radius 1 is 1.21 bits per heavy atom. The Labute approximate surface area is 86.3 Å². The van der Waals surface area contributed by atoms with Crippen molar-refractivity contribution in [3.63, 3.8) is 0 Å². The fourth-order valence-corrected chi connectivity index (χ4v) is 1.29. The first-order valence-corrected chi connectivity index (χ1v) is 5.41. The molecule has 2 nitrogen and oxygen atoms in total. The Morgan fingerprint density at radius 3 is 2.86 bits per heavy atom. The van der Waals surface area contributed by atoms with Crippen LogP contribution in [-0.4, -0.2) is 11.6 Å². The first-order chi connectivity index (χ1) is 6.93. The van der Waals surface area contributed by atoms with E-state index in [9.17, 15) is 0 Å². The molecule has 14 heavy (non-hydrogen) atoms. The van der Waals surface area contributed by atoms with Gasteiger partial charge in [-0.15, -0.1) is 0 Å². The van der Waals surface area contributed by atoms with Gasteiger partial charge in [0.15, 0.2) is 0 Å². The normalized spacial score (nSPS) is 10.4. The third-order valence-corrected chi connectivity index (χ3v) is 2.12. The number of nitrogens with zero attached hydrogens (tertiary/aromatic N) is 1. The number of rotatable bonds is 7. The third-order valence-electron chi connectivity index (χ3n) is 2.12. The van der Waals surface area contributed by atoms with Crippen molar-refractivity contribution in [2.24, 2.45) is 0 Å². The van der Waals surface area contributed by atoms with Crippen molar-refractivity contribution >= 4 is 0 Å². The van der Waals surface area contributed by atoms with Crippen molar-refractivity contribution in [1.82, 2.24) is 4.98 Å². The van der Waals surface area contributed by atoms with Crippen LogP contribution >= 0.6 is 0 Å². The van der Waals surface area contributed by atoms with Gasteiger partial charge in [0, 0.05) is 12.8 Å². The summed E-state index contributed by atoms with van der Waals surface area (Å²) in [7, 11) is 0. The maximum absolute atomic E-state index is 5.50. The molecule has 78 valence electrons. The summed E-state index contributed by atoms with van der Waals surface area (Å²) in [6.45, 7) is 3.72. The molecular formula is C12H19NO. The molecule has 2 heteroatoms. The van der Waals surface area contributed by atoms with Crippen molar-refractivity contribution < 1.29 is 4.74 Å². The summed E-state index contributed by atoms with van der Waals surface area (Å²) in [5.74, 6) is 0. The van der Waals surface area contributed by atoms with Crippen LogP contribution in [0.25, 0.3) is 0 Å². The van der Waals surface area contributed by atoms with E-state index >= 15 is 0 Å². The summed E-state index contributed by atoms with van der Waals surface area (Å²) < 4.78 is 5.50. The van der Waals surface area contributed by atoms with Gasteiger partial charge in [-0.25, -0.2) is 0 Å². The Balaban J connectivity index is 1.99. The highest BCUT2D eigenvalue weighted by molar-refractivity contribution is 5.01. The quantitative estimate of drug-likeness (QED) is 0.620. The van der Waals surface area contributed by atoms with Crippen LogP contribution in [-0.2, 0) is 11.3 Å². The van der Waals surface area contributed by atoms with E-state index in [2.05, 4.69) is 11.9 Å². The van der Waals surface area contributed by atoms with E-state index < -0.39 is 0 Å². The van der Waals surface area contributed by atoms with Crippen LogP contribution in [0.2, 0.25) is 0 Å². The summed E-state index contributed by atoms with van der Waals surface area (Å²) in [6, 6.07) is 5.90. The first-order valence-electron chi connectivity index (χ1n) is 5.41. The van der Waals surface area contributed by atoms with Crippen LogP contribution in [0.1, 0.15) is 38.3 Å². The van der Waals surface area contributed by atoms with Crippen molar-refractivity contribution in [3.8, 4) is 0 Å². The first kappa shape index (κ1) is 11.2. The Morgan fingerprint density at radius 2 is 2.14 bits per heavy atom. The zero-order chi connectivity index (χ0) is 10.1. The van der Waals surface area contributed by atoms with E-state index in [1.165, 1.54) is 25.7 Å². The average Bonchev–Trinajstić information content (AvgIpc) is 2.25. The van der Waals surface area contributed by atoms with Crippen molar-refractivity contribution in [3.05, 3.63) is 30.1 Å². The molecule has 0 N–H and O–H groups in total. The van der Waals surface area contributed by atoms with Gasteiger partial charge in [0.2, 0.25) is 0 Å². The molecule has 0 unspecified atom stereocenters. The molecule has 1 aromatic rings. The SMILES string of the molecule is CCCCCCOCc1ccccn1. The largest absolute Gasteiger partial charge is 0.375 e. The second kappa shape index (κ2) is 7.51. The molecule has 1 aromatic heterocycles. The van der Waals surface area contributed by atoms with Gasteiger partial charge in [0.1, 0.15) is 0 Å². The molecule has 0 spiro atoms. The molecule has 0 aliphatic carbocycles. The van der Waals surface area contributed by atoms with Gasteiger partial charge in [-0.1, -0.05) is 32.3 Å². The van der Waals surface area contributed by atoms with Crippen LogP contribution in [0.3, 0.4) is 0 Å². The highest BCUT2D eigenvalue weighted by Gasteiger charge is 1.92. The van der Waals surface area contributed by atoms with Crippen LogP contribution in [0, 0.1) is 0 Å². The number of unbranched alkanes of at least 4 members (excludes halogenated alkanes) is 3. The predicted octanol–water partition coefficient (Wildman–Crippen LogP) is 3.18. The Kier molecular flexibility index (Phi) is 6.00. The minimum absolute atomic E-state index is 0.646. The van der Waals surface area contributed by atoms with E-state index in [1.54, 1.807) is 6.20 Å². The number of pyridine rings is 1. The van der Waals surface area contributed by atoms with Gasteiger partial charge < -0.3 is 4.74 Å². The van der Waals surface area contributed by atoms with Crippen molar-refractivity contribution in [1.29, 1.82) is 0 Å². The minimum Gasteiger partial charge on any atom is -0.375 e. The number of hydrogen-bond donors (Lipinski definition) is 0. The highest BCUT2D eigenvalue weighted by atomic mass is 16.5. The highest BCUT2D eigenvalue weighted by Crippen LogP contribution is 2.01. The smallest absolute Gasteiger partial charge is 0.0887 e. The molecule has 0 aromatic carbocycles. The second-order valence-corrected chi connectivity index (χ2v) is 3.43. The molecule has 0 aliphatic heterocycles. The van der Waals surface area contributed by atoms with Gasteiger partial charge in [-0.2, -0.15) is 0 Å². The molecule has 1 rings (SSSR count). The lowest BCUT2D eigenvalue weighted by Gasteiger charge is -2.02. The monoisotopic (exact) mass is 193 g/mol. The fourth-order valence-electron chi connectivity index (χ4n) is 1.29. The van der Waals surface area contributed by atoms with Crippen LogP contribution in [0.15, 0.2) is 24.4 Å². The summed E-state index contributed by atoms with van der Waals surface area (Å²) in [6.07, 6.45) is 6.84. The van der Waals surface area contributed by atoms with Crippen molar-refractivity contribution in [2.75, 3.05) is 6.61 Å². The van der Waals surface area contributed by atoms with Crippen LogP contribution < -0.4 is 0 Å². The molecule has 0 aliphatic rings. The molecule has 0 amide bonds. The number of ether oxygens (including phenoxy) is 1. The molecular weight excluding hydrogens is 174 g/mol. The van der Waals surface area contributed by atoms with Gasteiger partial charge in [0.05, 0.1) is 12.3 Å². The maximum Gasteiger partial charge on any atom is 0.0887 e. The molecule has 0 bridgehead atoms. The van der Waals surface area contributed by atoms with E-state index in [1.807, 2.05) is 18.2 Å². The van der Waals surface area contributed by atoms with E-state index in [0.29, 0.717) is 6.61 Å². The standard InChI is InChI=1S/C12H19NO/c1-2-3-4-7-10-14-11-12-8-5-6-9-13-12/h5-6,8-9H,2-4,7,10-11H2,1H3. The zero-order valence-corrected chi connectivity index (χ0v) is 8.91. The van der Waals surface area contributed by atoms with Gasteiger partial charge in [-0.3, -0.25) is 4.98 Å². The molecule has 0 fully saturated rings. The second-order valence-electron chi connectivity index (χ2n) is 3.43. The Hall–Kier alpha value is -0.890. The number of aromatic nitrogens is 1. The summed E-state index contributed by atoms with van der Waals surface area (Å²) in [5, 5.41) is 0. The lowest BCUT2D eigenvalue weighted by Crippen LogP contribution is -1.97. The molecule has 0 radical (unpaired) electrons. The minimum atomic E-state index is 0.646. The van der Waals surface area contributed by atoms with E-state index in [0.717, 1.165) is 12.3 Å². The summed E-state index contributed by atoms with van der Waals surface area (Å²) in [5.41, 5.74) is 1.02. The van der Waals surface area contributed by atoms with Crippen LogP contribution in [0.4, 0.5) is 0 Å².